The zero-order valence-electron chi connectivity index (χ0n) is 12.9. The minimum Gasteiger partial charge on any atom is -0.334 e. The van der Waals surface area contributed by atoms with E-state index in [-0.39, 0.29) is 5.91 Å². The van der Waals surface area contributed by atoms with Crippen LogP contribution in [0, 0.1) is 20.8 Å². The Kier molecular flexibility index (Phi) is 3.54. The topological polar surface area (TPSA) is 20.3 Å². The summed E-state index contributed by atoms with van der Waals surface area (Å²) < 4.78 is 0. The van der Waals surface area contributed by atoms with E-state index in [9.17, 15) is 4.79 Å². The van der Waals surface area contributed by atoms with Gasteiger partial charge in [-0.2, -0.15) is 0 Å². The largest absolute Gasteiger partial charge is 0.334 e. The van der Waals surface area contributed by atoms with Crippen LogP contribution >= 0.6 is 0 Å². The van der Waals surface area contributed by atoms with E-state index < -0.39 is 0 Å². The van der Waals surface area contributed by atoms with Gasteiger partial charge in [-0.25, -0.2) is 0 Å². The van der Waals surface area contributed by atoms with Gasteiger partial charge in [0.05, 0.1) is 0 Å². The average Bonchev–Trinajstić information content (AvgIpc) is 2.48. The summed E-state index contributed by atoms with van der Waals surface area (Å²) in [6.45, 7) is 7.76. The van der Waals surface area contributed by atoms with Crippen molar-refractivity contribution in [3.05, 3.63) is 69.8 Å². The predicted octanol–water partition coefficient (Wildman–Crippen LogP) is 3.81. The Morgan fingerprint density at radius 3 is 2.52 bits per heavy atom. The van der Waals surface area contributed by atoms with E-state index in [1.807, 2.05) is 23.1 Å². The van der Waals surface area contributed by atoms with Crippen LogP contribution in [-0.4, -0.2) is 17.4 Å². The van der Waals surface area contributed by atoms with Gasteiger partial charge in [0.25, 0.3) is 5.91 Å². The average molecular weight is 279 g/mol. The second-order valence-electron chi connectivity index (χ2n) is 6.05. The molecule has 2 aromatic carbocycles. The van der Waals surface area contributed by atoms with Crippen LogP contribution in [0.2, 0.25) is 0 Å². The number of hydrogen-bond acceptors (Lipinski definition) is 1. The summed E-state index contributed by atoms with van der Waals surface area (Å²) in [7, 11) is 0. The van der Waals surface area contributed by atoms with Gasteiger partial charge in [-0.3, -0.25) is 4.79 Å². The lowest BCUT2D eigenvalue weighted by molar-refractivity contribution is 0.0734. The molecule has 0 bridgehead atoms. The molecule has 1 aliphatic rings. The van der Waals surface area contributed by atoms with E-state index in [0.29, 0.717) is 0 Å². The van der Waals surface area contributed by atoms with Crippen molar-refractivity contribution in [1.82, 2.24) is 4.90 Å². The van der Waals surface area contributed by atoms with Gasteiger partial charge in [0.1, 0.15) is 0 Å². The van der Waals surface area contributed by atoms with Crippen molar-refractivity contribution in [2.24, 2.45) is 0 Å². The fourth-order valence-electron chi connectivity index (χ4n) is 2.92. The Balaban J connectivity index is 1.85. The standard InChI is InChI=1S/C19H21NO/c1-13-4-6-16-8-9-20(12-18(16)10-13)19(21)17-7-5-14(2)15(3)11-17/h4-7,10-11H,8-9,12H2,1-3H3. The van der Waals surface area contributed by atoms with Crippen molar-refractivity contribution >= 4 is 5.91 Å². The van der Waals surface area contributed by atoms with Gasteiger partial charge in [-0.05, 0) is 61.6 Å². The summed E-state index contributed by atoms with van der Waals surface area (Å²) in [5.41, 5.74) is 7.13. The molecule has 2 nitrogen and oxygen atoms in total. The van der Waals surface area contributed by atoms with E-state index >= 15 is 0 Å². The number of hydrogen-bond donors (Lipinski definition) is 0. The second-order valence-corrected chi connectivity index (χ2v) is 6.05. The Morgan fingerprint density at radius 1 is 0.952 bits per heavy atom. The van der Waals surface area contributed by atoms with E-state index in [4.69, 9.17) is 0 Å². The molecular formula is C19H21NO. The van der Waals surface area contributed by atoms with Gasteiger partial charge in [0.2, 0.25) is 0 Å². The van der Waals surface area contributed by atoms with Crippen LogP contribution in [0.3, 0.4) is 0 Å². The zero-order chi connectivity index (χ0) is 15.0. The summed E-state index contributed by atoms with van der Waals surface area (Å²) in [5, 5.41) is 0. The molecule has 0 saturated carbocycles. The van der Waals surface area contributed by atoms with E-state index in [2.05, 4.69) is 39.0 Å². The number of aryl methyl sites for hydroxylation is 3. The number of amides is 1. The lowest BCUT2D eigenvalue weighted by atomic mass is 9.97. The number of rotatable bonds is 1. The maximum absolute atomic E-state index is 12.7. The SMILES string of the molecule is Cc1ccc2c(c1)CN(C(=O)c1ccc(C)c(C)c1)CC2. The normalized spacial score (nSPS) is 14.0. The van der Waals surface area contributed by atoms with Crippen molar-refractivity contribution in [3.8, 4) is 0 Å². The highest BCUT2D eigenvalue weighted by Crippen LogP contribution is 2.22. The Hall–Kier alpha value is -2.09. The van der Waals surface area contributed by atoms with Crippen molar-refractivity contribution in [2.75, 3.05) is 6.54 Å². The quantitative estimate of drug-likeness (QED) is 0.777. The number of fused-ring (bicyclic) bond motifs is 1. The monoisotopic (exact) mass is 279 g/mol. The van der Waals surface area contributed by atoms with Crippen LogP contribution in [-0.2, 0) is 13.0 Å². The highest BCUT2D eigenvalue weighted by molar-refractivity contribution is 5.94. The molecule has 108 valence electrons. The van der Waals surface area contributed by atoms with Crippen molar-refractivity contribution < 1.29 is 4.79 Å². The maximum atomic E-state index is 12.7. The summed E-state index contributed by atoms with van der Waals surface area (Å²) in [6, 6.07) is 12.5. The Labute approximate surface area is 126 Å². The van der Waals surface area contributed by atoms with Crippen LogP contribution in [0.1, 0.15) is 38.2 Å². The fraction of sp³-hybridized carbons (Fsp3) is 0.316. The third kappa shape index (κ3) is 2.71. The van der Waals surface area contributed by atoms with Gasteiger partial charge in [0.15, 0.2) is 0 Å². The maximum Gasteiger partial charge on any atom is 0.254 e. The molecular weight excluding hydrogens is 258 g/mol. The van der Waals surface area contributed by atoms with Crippen LogP contribution < -0.4 is 0 Å². The Bertz CT molecular complexity index is 703. The third-order valence-electron chi connectivity index (χ3n) is 4.42. The highest BCUT2D eigenvalue weighted by atomic mass is 16.2. The molecule has 2 aromatic rings. The zero-order valence-corrected chi connectivity index (χ0v) is 12.9. The van der Waals surface area contributed by atoms with E-state index in [1.165, 1.54) is 27.8 Å². The second kappa shape index (κ2) is 5.36. The summed E-state index contributed by atoms with van der Waals surface area (Å²) in [4.78, 5) is 14.6. The molecule has 2 heteroatoms. The molecule has 21 heavy (non-hydrogen) atoms. The van der Waals surface area contributed by atoms with Crippen molar-refractivity contribution in [3.63, 3.8) is 0 Å². The molecule has 0 aromatic heterocycles. The van der Waals surface area contributed by atoms with Gasteiger partial charge >= 0.3 is 0 Å². The number of carbonyl (C=O) groups is 1. The molecule has 0 unspecified atom stereocenters. The molecule has 0 atom stereocenters. The molecule has 0 fully saturated rings. The first-order valence-corrected chi connectivity index (χ1v) is 7.49. The first-order chi connectivity index (χ1) is 10.0. The molecule has 3 rings (SSSR count). The number of benzene rings is 2. The molecule has 1 heterocycles. The molecule has 0 spiro atoms. The van der Waals surface area contributed by atoms with Gasteiger partial charge in [-0.1, -0.05) is 29.8 Å². The van der Waals surface area contributed by atoms with Crippen LogP contribution in [0.25, 0.3) is 0 Å². The van der Waals surface area contributed by atoms with Gasteiger partial charge < -0.3 is 4.90 Å². The molecule has 0 saturated heterocycles. The van der Waals surface area contributed by atoms with Crippen LogP contribution in [0.5, 0.6) is 0 Å². The van der Waals surface area contributed by atoms with Gasteiger partial charge in [0, 0.05) is 18.7 Å². The summed E-state index contributed by atoms with van der Waals surface area (Å²) >= 11 is 0. The Morgan fingerprint density at radius 2 is 1.76 bits per heavy atom. The minimum absolute atomic E-state index is 0.144. The predicted molar refractivity (Wildman–Crippen MR) is 85.5 cm³/mol. The molecule has 0 radical (unpaired) electrons. The molecule has 1 amide bonds. The smallest absolute Gasteiger partial charge is 0.254 e. The summed E-state index contributed by atoms with van der Waals surface area (Å²) in [6.07, 6.45) is 0.951. The van der Waals surface area contributed by atoms with E-state index in [1.54, 1.807) is 0 Å². The van der Waals surface area contributed by atoms with Gasteiger partial charge in [-0.15, -0.1) is 0 Å². The third-order valence-corrected chi connectivity index (χ3v) is 4.42. The molecule has 0 N–H and O–H groups in total. The van der Waals surface area contributed by atoms with E-state index in [0.717, 1.165) is 25.1 Å². The first-order valence-electron chi connectivity index (χ1n) is 7.49. The number of nitrogens with zero attached hydrogens (tertiary/aromatic N) is 1. The summed E-state index contributed by atoms with van der Waals surface area (Å²) in [5.74, 6) is 0.144. The van der Waals surface area contributed by atoms with Crippen molar-refractivity contribution in [2.45, 2.75) is 33.7 Å². The lowest BCUT2D eigenvalue weighted by Crippen LogP contribution is -2.36. The lowest BCUT2D eigenvalue weighted by Gasteiger charge is -2.29. The highest BCUT2D eigenvalue weighted by Gasteiger charge is 2.21. The fourth-order valence-corrected chi connectivity index (χ4v) is 2.92. The van der Waals surface area contributed by atoms with Crippen LogP contribution in [0.4, 0.5) is 0 Å². The van der Waals surface area contributed by atoms with Crippen molar-refractivity contribution in [1.29, 1.82) is 0 Å². The molecule has 0 aliphatic carbocycles. The first kappa shape index (κ1) is 13.9. The molecule has 1 aliphatic heterocycles. The van der Waals surface area contributed by atoms with Crippen LogP contribution in [0.15, 0.2) is 36.4 Å². The number of carbonyl (C=O) groups excluding carboxylic acids is 1. The minimum atomic E-state index is 0.144.